The number of hydrogen-bond donors (Lipinski definition) is 1. The maximum atomic E-state index is 12.3. The van der Waals surface area contributed by atoms with Crippen molar-refractivity contribution in [3.8, 4) is 6.07 Å². The van der Waals surface area contributed by atoms with Crippen LogP contribution in [0.2, 0.25) is 0 Å². The molecule has 0 spiro atoms. The van der Waals surface area contributed by atoms with Crippen molar-refractivity contribution in [2.24, 2.45) is 7.05 Å². The normalized spacial score (nSPS) is 18.7. The van der Waals surface area contributed by atoms with Crippen LogP contribution in [0, 0.1) is 11.3 Å². The molecule has 0 amide bonds. The quantitative estimate of drug-likeness (QED) is 0.877. The van der Waals surface area contributed by atoms with Crippen molar-refractivity contribution in [2.75, 3.05) is 0 Å². The van der Waals surface area contributed by atoms with Crippen LogP contribution in [0.1, 0.15) is 25.7 Å². The fraction of sp³-hybridized carbons (Fsp3) is 0.667. The molecule has 0 aliphatic heterocycles. The zero-order chi connectivity index (χ0) is 13.4. The number of rotatable bonds is 3. The second-order valence-corrected chi connectivity index (χ2v) is 6.66. The van der Waals surface area contributed by atoms with Gasteiger partial charge in [-0.05, 0) is 28.8 Å². The van der Waals surface area contributed by atoms with Gasteiger partial charge in [0.05, 0.1) is 6.07 Å². The van der Waals surface area contributed by atoms with E-state index in [-0.39, 0.29) is 9.63 Å². The van der Waals surface area contributed by atoms with E-state index >= 15 is 0 Å². The van der Waals surface area contributed by atoms with Gasteiger partial charge in [-0.2, -0.15) is 9.98 Å². The number of nitriles is 1. The number of nitrogens with one attached hydrogen (secondary N) is 1. The van der Waals surface area contributed by atoms with Crippen molar-refractivity contribution in [2.45, 2.75) is 36.2 Å². The first-order valence-electron chi connectivity index (χ1n) is 5.41. The third-order valence-electron chi connectivity index (χ3n) is 2.99. The van der Waals surface area contributed by atoms with Crippen LogP contribution in [-0.2, 0) is 17.1 Å². The largest absolute Gasteiger partial charge is 0.261 e. The van der Waals surface area contributed by atoms with Gasteiger partial charge in [0, 0.05) is 7.05 Å². The maximum absolute atomic E-state index is 12.3. The van der Waals surface area contributed by atoms with E-state index in [2.05, 4.69) is 37.0 Å². The van der Waals surface area contributed by atoms with Crippen molar-refractivity contribution in [1.29, 1.82) is 5.26 Å². The van der Waals surface area contributed by atoms with Gasteiger partial charge < -0.3 is 0 Å². The Hall–Kier alpha value is -0.980. The highest BCUT2D eigenvalue weighted by Crippen LogP contribution is 2.31. The molecule has 9 heteroatoms. The van der Waals surface area contributed by atoms with Crippen molar-refractivity contribution < 1.29 is 8.42 Å². The number of aromatic nitrogens is 3. The number of hydrogen-bond acceptors (Lipinski definition) is 5. The van der Waals surface area contributed by atoms with E-state index in [1.165, 1.54) is 7.05 Å². The van der Waals surface area contributed by atoms with E-state index in [9.17, 15) is 13.7 Å². The van der Waals surface area contributed by atoms with Crippen molar-refractivity contribution in [3.05, 3.63) is 4.60 Å². The first-order chi connectivity index (χ1) is 8.40. The van der Waals surface area contributed by atoms with Crippen molar-refractivity contribution >= 4 is 26.0 Å². The second-order valence-electron chi connectivity index (χ2n) is 4.32. The summed E-state index contributed by atoms with van der Waals surface area (Å²) in [6.45, 7) is 0. The van der Waals surface area contributed by atoms with Gasteiger partial charge >= 0.3 is 0 Å². The second kappa shape index (κ2) is 4.60. The summed E-state index contributed by atoms with van der Waals surface area (Å²) in [5, 5.41) is 16.4. The van der Waals surface area contributed by atoms with Crippen molar-refractivity contribution in [3.63, 3.8) is 0 Å². The molecule has 0 aromatic carbocycles. The predicted molar refractivity (Wildman–Crippen MR) is 65.8 cm³/mol. The number of aryl methyl sites for hydroxylation is 1. The molecule has 1 aromatic heterocycles. The lowest BCUT2D eigenvalue weighted by atomic mass is 10.0. The van der Waals surface area contributed by atoms with Gasteiger partial charge in [-0.3, -0.25) is 0 Å². The SMILES string of the molecule is Cn1nnc(Br)c1S(=O)(=O)NC1(C#N)CCCC1. The molecule has 0 bridgehead atoms. The number of nitrogens with zero attached hydrogens (tertiary/aromatic N) is 4. The van der Waals surface area contributed by atoms with Crippen LogP contribution in [0.15, 0.2) is 9.63 Å². The maximum Gasteiger partial charge on any atom is 0.261 e. The molecule has 2 rings (SSSR count). The standard InChI is InChI=1S/C9H12BrN5O2S/c1-15-8(7(10)12-14-15)18(16,17)13-9(6-11)4-2-3-5-9/h13H,2-5H2,1H3. The summed E-state index contributed by atoms with van der Waals surface area (Å²) in [5.74, 6) is 0. The molecular weight excluding hydrogens is 322 g/mol. The van der Waals surface area contributed by atoms with Gasteiger partial charge in [0.2, 0.25) is 5.03 Å². The average Bonchev–Trinajstić information content (AvgIpc) is 2.86. The van der Waals surface area contributed by atoms with Crippen LogP contribution < -0.4 is 4.72 Å². The molecule has 1 fully saturated rings. The molecule has 1 aromatic rings. The lowest BCUT2D eigenvalue weighted by molar-refractivity contribution is 0.478. The fourth-order valence-electron chi connectivity index (χ4n) is 2.13. The Balaban J connectivity index is 2.37. The van der Waals surface area contributed by atoms with Crippen molar-refractivity contribution in [1.82, 2.24) is 19.7 Å². The average molecular weight is 334 g/mol. The van der Waals surface area contributed by atoms with Gasteiger partial charge in [-0.25, -0.2) is 13.1 Å². The van der Waals surface area contributed by atoms with Crippen LogP contribution >= 0.6 is 15.9 Å². The highest BCUT2D eigenvalue weighted by atomic mass is 79.9. The summed E-state index contributed by atoms with van der Waals surface area (Å²) in [5.41, 5.74) is -0.997. The molecule has 0 radical (unpaired) electrons. The van der Waals surface area contributed by atoms with Crippen LogP contribution in [0.4, 0.5) is 0 Å². The molecule has 1 heterocycles. The van der Waals surface area contributed by atoms with Gasteiger partial charge in [0.25, 0.3) is 10.0 Å². The Labute approximate surface area is 113 Å². The third kappa shape index (κ3) is 2.28. The lowest BCUT2D eigenvalue weighted by Gasteiger charge is -2.21. The van der Waals surface area contributed by atoms with Crippen LogP contribution in [0.5, 0.6) is 0 Å². The molecule has 0 saturated heterocycles. The zero-order valence-corrected chi connectivity index (χ0v) is 12.1. The van der Waals surface area contributed by atoms with E-state index < -0.39 is 15.6 Å². The monoisotopic (exact) mass is 333 g/mol. The highest BCUT2D eigenvalue weighted by Gasteiger charge is 2.40. The summed E-state index contributed by atoms with van der Waals surface area (Å²) < 4.78 is 28.3. The molecule has 98 valence electrons. The van der Waals surface area contributed by atoms with E-state index in [4.69, 9.17) is 0 Å². The van der Waals surface area contributed by atoms with Crippen LogP contribution in [0.25, 0.3) is 0 Å². The van der Waals surface area contributed by atoms with Gasteiger partial charge in [0.15, 0.2) is 4.60 Å². The number of sulfonamides is 1. The van der Waals surface area contributed by atoms with E-state index in [1.807, 2.05) is 0 Å². The molecule has 0 unspecified atom stereocenters. The topological polar surface area (TPSA) is 101 Å². The fourth-order valence-corrected chi connectivity index (χ4v) is 4.60. The molecule has 1 saturated carbocycles. The molecule has 1 N–H and O–H groups in total. The molecule has 18 heavy (non-hydrogen) atoms. The Morgan fingerprint density at radius 2 is 2.11 bits per heavy atom. The van der Waals surface area contributed by atoms with Gasteiger partial charge in [-0.1, -0.05) is 18.1 Å². The minimum Gasteiger partial charge on any atom is -0.235 e. The molecular formula is C9H12BrN5O2S. The van der Waals surface area contributed by atoms with Gasteiger partial charge in [0.1, 0.15) is 5.54 Å². The van der Waals surface area contributed by atoms with E-state index in [1.54, 1.807) is 0 Å². The summed E-state index contributed by atoms with van der Waals surface area (Å²) in [6, 6.07) is 2.08. The van der Waals surface area contributed by atoms with Gasteiger partial charge in [-0.15, -0.1) is 5.10 Å². The first-order valence-corrected chi connectivity index (χ1v) is 7.68. The Morgan fingerprint density at radius 3 is 2.56 bits per heavy atom. The Morgan fingerprint density at radius 1 is 1.50 bits per heavy atom. The van der Waals surface area contributed by atoms with Crippen LogP contribution in [-0.4, -0.2) is 29.0 Å². The Kier molecular flexibility index (Phi) is 3.44. The van der Waals surface area contributed by atoms with E-state index in [0.717, 1.165) is 17.5 Å². The third-order valence-corrected chi connectivity index (χ3v) is 5.42. The van der Waals surface area contributed by atoms with E-state index in [0.29, 0.717) is 12.8 Å². The summed E-state index contributed by atoms with van der Waals surface area (Å²) >= 11 is 3.05. The molecule has 1 aliphatic carbocycles. The minimum atomic E-state index is -3.81. The Bertz CT molecular complexity index is 577. The predicted octanol–water partition coefficient (Wildman–Crippen LogP) is 0.692. The first kappa shape index (κ1) is 13.5. The number of halogens is 1. The molecule has 7 nitrogen and oxygen atoms in total. The summed E-state index contributed by atoms with van der Waals surface area (Å²) in [4.78, 5) is 0. The molecule has 1 aliphatic rings. The highest BCUT2D eigenvalue weighted by molar-refractivity contribution is 9.10. The molecule has 0 atom stereocenters. The lowest BCUT2D eigenvalue weighted by Crippen LogP contribution is -2.45. The van der Waals surface area contributed by atoms with Crippen LogP contribution in [0.3, 0.4) is 0 Å². The smallest absolute Gasteiger partial charge is 0.235 e. The summed E-state index contributed by atoms with van der Waals surface area (Å²) in [7, 11) is -2.33. The summed E-state index contributed by atoms with van der Waals surface area (Å²) in [6.07, 6.45) is 2.76. The minimum absolute atomic E-state index is 0.0657. The zero-order valence-electron chi connectivity index (χ0n) is 9.72.